The molecule has 2 heterocycles. The largest absolute Gasteiger partial charge is 0.484 e. The van der Waals surface area contributed by atoms with Crippen LogP contribution in [0.3, 0.4) is 0 Å². The molecule has 0 atom stereocenters. The van der Waals surface area contributed by atoms with Crippen LogP contribution in [0.25, 0.3) is 0 Å². The molecule has 26 heavy (non-hydrogen) atoms. The number of amides is 1. The number of benzene rings is 1. The van der Waals surface area contributed by atoms with E-state index in [0.29, 0.717) is 18.8 Å². The van der Waals surface area contributed by atoms with Gasteiger partial charge < -0.3 is 14.1 Å². The maximum absolute atomic E-state index is 12.7. The van der Waals surface area contributed by atoms with E-state index in [1.807, 2.05) is 48.5 Å². The number of aryl methyl sites for hydroxylation is 1. The molecule has 0 aliphatic heterocycles. The topological polar surface area (TPSA) is 55.6 Å². The summed E-state index contributed by atoms with van der Waals surface area (Å²) in [5, 5.41) is 0. The van der Waals surface area contributed by atoms with Crippen molar-refractivity contribution in [2.45, 2.75) is 26.4 Å². The number of nitrogens with zero attached hydrogens (tertiary/aromatic N) is 2. The van der Waals surface area contributed by atoms with Crippen molar-refractivity contribution >= 4 is 5.91 Å². The SMILES string of the molecule is CCc1ccc(OCC(=O)N(Cc2cccnc2)Cc2ccco2)cc1. The lowest BCUT2D eigenvalue weighted by atomic mass is 10.2. The molecule has 0 spiro atoms. The third-order valence-corrected chi connectivity index (χ3v) is 4.07. The number of carbonyl (C=O) groups is 1. The van der Waals surface area contributed by atoms with E-state index in [1.54, 1.807) is 23.6 Å². The molecule has 2 aromatic heterocycles. The van der Waals surface area contributed by atoms with Gasteiger partial charge in [-0.15, -0.1) is 0 Å². The number of furan rings is 1. The Kier molecular flexibility index (Phi) is 6.04. The molecule has 1 aromatic carbocycles. The van der Waals surface area contributed by atoms with Crippen LogP contribution in [0.5, 0.6) is 5.75 Å². The zero-order chi connectivity index (χ0) is 18.2. The van der Waals surface area contributed by atoms with Gasteiger partial charge in [0.25, 0.3) is 5.91 Å². The first-order valence-corrected chi connectivity index (χ1v) is 8.65. The first kappa shape index (κ1) is 17.7. The molecule has 0 aliphatic carbocycles. The second-order valence-corrected chi connectivity index (χ2v) is 5.98. The van der Waals surface area contributed by atoms with Crippen LogP contribution in [0, 0.1) is 0 Å². The highest BCUT2D eigenvalue weighted by Gasteiger charge is 2.17. The Labute approximate surface area is 153 Å². The quantitative estimate of drug-likeness (QED) is 0.619. The standard InChI is InChI=1S/C21H22N2O3/c1-2-17-7-9-19(10-8-17)26-16-21(24)23(15-20-6-4-12-25-20)14-18-5-3-11-22-13-18/h3-13H,2,14-16H2,1H3. The van der Waals surface area contributed by atoms with Crippen LogP contribution in [-0.2, 0) is 24.3 Å². The highest BCUT2D eigenvalue weighted by Crippen LogP contribution is 2.14. The average Bonchev–Trinajstić information content (AvgIpc) is 3.20. The van der Waals surface area contributed by atoms with E-state index >= 15 is 0 Å². The minimum Gasteiger partial charge on any atom is -0.484 e. The maximum atomic E-state index is 12.7. The third-order valence-electron chi connectivity index (χ3n) is 4.07. The van der Waals surface area contributed by atoms with E-state index < -0.39 is 0 Å². The van der Waals surface area contributed by atoms with Crippen molar-refractivity contribution in [1.29, 1.82) is 0 Å². The molecule has 0 saturated carbocycles. The Morgan fingerprint density at radius 1 is 1.08 bits per heavy atom. The number of hydrogen-bond acceptors (Lipinski definition) is 4. The molecule has 5 nitrogen and oxygen atoms in total. The van der Waals surface area contributed by atoms with Crippen molar-refractivity contribution in [3.8, 4) is 5.75 Å². The van der Waals surface area contributed by atoms with Crippen molar-refractivity contribution in [2.24, 2.45) is 0 Å². The molecule has 5 heteroatoms. The normalized spacial score (nSPS) is 10.5. The first-order chi connectivity index (χ1) is 12.7. The zero-order valence-corrected chi connectivity index (χ0v) is 14.8. The molecule has 0 radical (unpaired) electrons. The van der Waals surface area contributed by atoms with Crippen LogP contribution in [-0.4, -0.2) is 22.4 Å². The smallest absolute Gasteiger partial charge is 0.261 e. The van der Waals surface area contributed by atoms with Crippen LogP contribution in [0.15, 0.2) is 71.6 Å². The van der Waals surface area contributed by atoms with Crippen LogP contribution >= 0.6 is 0 Å². The lowest BCUT2D eigenvalue weighted by Gasteiger charge is -2.22. The summed E-state index contributed by atoms with van der Waals surface area (Å²) >= 11 is 0. The zero-order valence-electron chi connectivity index (χ0n) is 14.8. The highest BCUT2D eigenvalue weighted by molar-refractivity contribution is 5.77. The van der Waals surface area contributed by atoms with Crippen molar-refractivity contribution in [3.63, 3.8) is 0 Å². The van der Waals surface area contributed by atoms with E-state index in [2.05, 4.69) is 11.9 Å². The molecular weight excluding hydrogens is 328 g/mol. The lowest BCUT2D eigenvalue weighted by molar-refractivity contribution is -0.134. The Morgan fingerprint density at radius 3 is 2.58 bits per heavy atom. The minimum atomic E-state index is -0.107. The van der Waals surface area contributed by atoms with Gasteiger partial charge in [-0.25, -0.2) is 0 Å². The summed E-state index contributed by atoms with van der Waals surface area (Å²) < 4.78 is 11.1. The molecule has 3 rings (SSSR count). The number of hydrogen-bond donors (Lipinski definition) is 0. The lowest BCUT2D eigenvalue weighted by Crippen LogP contribution is -2.34. The first-order valence-electron chi connectivity index (χ1n) is 8.65. The minimum absolute atomic E-state index is 0.0214. The summed E-state index contributed by atoms with van der Waals surface area (Å²) in [6.45, 7) is 2.92. The van der Waals surface area contributed by atoms with Crippen LogP contribution < -0.4 is 4.74 Å². The number of aromatic nitrogens is 1. The van der Waals surface area contributed by atoms with Gasteiger partial charge in [-0.3, -0.25) is 9.78 Å². The molecular formula is C21H22N2O3. The van der Waals surface area contributed by atoms with E-state index in [9.17, 15) is 4.79 Å². The van der Waals surface area contributed by atoms with E-state index in [4.69, 9.17) is 9.15 Å². The Bertz CT molecular complexity index is 799. The molecule has 0 saturated heterocycles. The number of pyridine rings is 1. The fourth-order valence-corrected chi connectivity index (χ4v) is 2.59. The van der Waals surface area contributed by atoms with Crippen molar-refractivity contribution in [2.75, 3.05) is 6.61 Å². The van der Waals surface area contributed by atoms with Gasteiger partial charge in [-0.1, -0.05) is 25.1 Å². The molecule has 1 amide bonds. The third kappa shape index (κ3) is 4.96. The van der Waals surface area contributed by atoms with Gasteiger partial charge in [0.05, 0.1) is 12.8 Å². The molecule has 3 aromatic rings. The van der Waals surface area contributed by atoms with Crippen molar-refractivity contribution in [3.05, 3.63) is 84.1 Å². The van der Waals surface area contributed by atoms with Crippen molar-refractivity contribution in [1.82, 2.24) is 9.88 Å². The Balaban J connectivity index is 1.65. The van der Waals surface area contributed by atoms with Crippen LogP contribution in [0.2, 0.25) is 0 Å². The second kappa shape index (κ2) is 8.85. The van der Waals surface area contributed by atoms with Gasteiger partial charge in [0.1, 0.15) is 11.5 Å². The summed E-state index contributed by atoms with van der Waals surface area (Å²) in [4.78, 5) is 18.5. The number of carbonyl (C=O) groups excluding carboxylic acids is 1. The monoisotopic (exact) mass is 350 g/mol. The average molecular weight is 350 g/mol. The second-order valence-electron chi connectivity index (χ2n) is 5.98. The van der Waals surface area contributed by atoms with E-state index in [-0.39, 0.29) is 12.5 Å². The predicted octanol–water partition coefficient (Wildman–Crippen LogP) is 3.84. The Morgan fingerprint density at radius 2 is 1.92 bits per heavy atom. The molecule has 0 fully saturated rings. The van der Waals surface area contributed by atoms with Gasteiger partial charge in [0, 0.05) is 18.9 Å². The van der Waals surface area contributed by atoms with Gasteiger partial charge in [0.2, 0.25) is 0 Å². The van der Waals surface area contributed by atoms with E-state index in [0.717, 1.165) is 17.7 Å². The fourth-order valence-electron chi connectivity index (χ4n) is 2.59. The van der Waals surface area contributed by atoms with Gasteiger partial charge in [-0.2, -0.15) is 0 Å². The van der Waals surface area contributed by atoms with Gasteiger partial charge in [-0.05, 0) is 47.9 Å². The molecule has 0 unspecified atom stereocenters. The molecule has 0 aliphatic rings. The summed E-state index contributed by atoms with van der Waals surface area (Å²) in [5.41, 5.74) is 2.19. The molecule has 0 N–H and O–H groups in total. The summed E-state index contributed by atoms with van der Waals surface area (Å²) in [7, 11) is 0. The summed E-state index contributed by atoms with van der Waals surface area (Å²) in [5.74, 6) is 1.31. The fraction of sp³-hybridized carbons (Fsp3) is 0.238. The predicted molar refractivity (Wildman–Crippen MR) is 98.5 cm³/mol. The molecule has 0 bridgehead atoms. The van der Waals surface area contributed by atoms with Crippen molar-refractivity contribution < 1.29 is 13.9 Å². The summed E-state index contributed by atoms with van der Waals surface area (Å²) in [6.07, 6.45) is 6.05. The number of ether oxygens (including phenoxy) is 1. The van der Waals surface area contributed by atoms with Gasteiger partial charge in [0.15, 0.2) is 6.61 Å². The van der Waals surface area contributed by atoms with Crippen LogP contribution in [0.4, 0.5) is 0 Å². The van der Waals surface area contributed by atoms with E-state index in [1.165, 1.54) is 5.56 Å². The number of rotatable bonds is 8. The maximum Gasteiger partial charge on any atom is 0.261 e. The molecule has 134 valence electrons. The Hall–Kier alpha value is -3.08. The van der Waals surface area contributed by atoms with Gasteiger partial charge >= 0.3 is 0 Å². The summed E-state index contributed by atoms with van der Waals surface area (Å²) in [6, 6.07) is 15.3. The van der Waals surface area contributed by atoms with Crippen LogP contribution in [0.1, 0.15) is 23.8 Å². The highest BCUT2D eigenvalue weighted by atomic mass is 16.5.